The van der Waals surface area contributed by atoms with E-state index in [4.69, 9.17) is 0 Å². The lowest BCUT2D eigenvalue weighted by Crippen LogP contribution is -2.21. The van der Waals surface area contributed by atoms with Gasteiger partial charge < -0.3 is 10.0 Å². The first-order valence-electron chi connectivity index (χ1n) is 8.92. The summed E-state index contributed by atoms with van der Waals surface area (Å²) in [7, 11) is 0. The molecular formula is C23H23NO2. The van der Waals surface area contributed by atoms with Crippen molar-refractivity contribution in [2.24, 2.45) is 0 Å². The highest BCUT2D eigenvalue weighted by molar-refractivity contribution is 6.16. The molecule has 0 atom stereocenters. The standard InChI is InChI=1S/C23H23NO2/c1-3-24(4-2)19-13-9-17(10-14-19)11-15-21(25)23-20-8-6-5-7-18(20)12-16-22(23)26/h5-16,26H,3-4H2,1-2H3/b15-11+. The monoisotopic (exact) mass is 345 g/mol. The number of hydrogen-bond acceptors (Lipinski definition) is 3. The van der Waals surface area contributed by atoms with Crippen LogP contribution in [0, 0.1) is 0 Å². The van der Waals surface area contributed by atoms with Crippen molar-refractivity contribution in [3.05, 3.63) is 77.9 Å². The molecule has 3 aromatic carbocycles. The predicted molar refractivity (Wildman–Crippen MR) is 109 cm³/mol. The van der Waals surface area contributed by atoms with E-state index in [9.17, 15) is 9.90 Å². The Labute approximate surface area is 154 Å². The lowest BCUT2D eigenvalue weighted by Gasteiger charge is -2.20. The van der Waals surface area contributed by atoms with Gasteiger partial charge in [-0.05, 0) is 54.5 Å². The van der Waals surface area contributed by atoms with Crippen molar-refractivity contribution in [3.8, 4) is 5.75 Å². The van der Waals surface area contributed by atoms with Crippen LogP contribution in [0.1, 0.15) is 29.8 Å². The van der Waals surface area contributed by atoms with Crippen molar-refractivity contribution in [2.45, 2.75) is 13.8 Å². The van der Waals surface area contributed by atoms with E-state index >= 15 is 0 Å². The topological polar surface area (TPSA) is 40.5 Å². The first-order chi connectivity index (χ1) is 12.6. The molecule has 0 fully saturated rings. The number of hydrogen-bond donors (Lipinski definition) is 1. The number of allylic oxidation sites excluding steroid dienone is 1. The van der Waals surface area contributed by atoms with Gasteiger partial charge in [-0.2, -0.15) is 0 Å². The van der Waals surface area contributed by atoms with Crippen LogP contribution < -0.4 is 4.90 Å². The number of rotatable bonds is 6. The SMILES string of the molecule is CCN(CC)c1ccc(/C=C/C(=O)c2c(O)ccc3ccccc23)cc1. The van der Waals surface area contributed by atoms with Gasteiger partial charge in [-0.25, -0.2) is 0 Å². The summed E-state index contributed by atoms with van der Waals surface area (Å²) < 4.78 is 0. The Morgan fingerprint density at radius 2 is 1.65 bits per heavy atom. The molecule has 0 bridgehead atoms. The number of benzene rings is 3. The molecule has 0 heterocycles. The summed E-state index contributed by atoms with van der Waals surface area (Å²) in [6.07, 6.45) is 3.31. The molecule has 0 amide bonds. The fraction of sp³-hybridized carbons (Fsp3) is 0.174. The summed E-state index contributed by atoms with van der Waals surface area (Å²) in [6.45, 7) is 6.19. The zero-order valence-electron chi connectivity index (χ0n) is 15.1. The Morgan fingerprint density at radius 1 is 0.962 bits per heavy atom. The lowest BCUT2D eigenvalue weighted by molar-refractivity contribution is 0.104. The molecule has 132 valence electrons. The van der Waals surface area contributed by atoms with Gasteiger partial charge in [0, 0.05) is 18.8 Å². The number of aromatic hydroxyl groups is 1. The zero-order valence-corrected chi connectivity index (χ0v) is 15.1. The van der Waals surface area contributed by atoms with E-state index in [-0.39, 0.29) is 11.5 Å². The molecule has 3 aromatic rings. The molecule has 0 aliphatic rings. The first kappa shape index (κ1) is 17.7. The quantitative estimate of drug-likeness (QED) is 0.487. The zero-order chi connectivity index (χ0) is 18.5. The first-order valence-corrected chi connectivity index (χ1v) is 8.92. The minimum atomic E-state index is -0.202. The van der Waals surface area contributed by atoms with E-state index in [1.165, 1.54) is 11.8 Å². The third kappa shape index (κ3) is 3.62. The molecule has 0 saturated carbocycles. The van der Waals surface area contributed by atoms with Gasteiger partial charge in [0.05, 0.1) is 5.56 Å². The Balaban J connectivity index is 1.85. The highest BCUT2D eigenvalue weighted by Crippen LogP contribution is 2.28. The van der Waals surface area contributed by atoms with E-state index in [0.29, 0.717) is 5.56 Å². The molecular weight excluding hydrogens is 322 g/mol. The number of nitrogens with zero attached hydrogens (tertiary/aromatic N) is 1. The number of phenolic OH excluding ortho intramolecular Hbond substituents is 1. The van der Waals surface area contributed by atoms with Gasteiger partial charge in [0.15, 0.2) is 5.78 Å². The van der Waals surface area contributed by atoms with E-state index < -0.39 is 0 Å². The van der Waals surface area contributed by atoms with Crippen molar-refractivity contribution >= 4 is 28.3 Å². The maximum atomic E-state index is 12.7. The Morgan fingerprint density at radius 3 is 2.35 bits per heavy atom. The van der Waals surface area contributed by atoms with Crippen molar-refractivity contribution in [2.75, 3.05) is 18.0 Å². The van der Waals surface area contributed by atoms with Crippen LogP contribution in [0.25, 0.3) is 16.8 Å². The van der Waals surface area contributed by atoms with Crippen LogP contribution in [0.4, 0.5) is 5.69 Å². The second-order valence-electron chi connectivity index (χ2n) is 6.14. The summed E-state index contributed by atoms with van der Waals surface area (Å²) in [5, 5.41) is 11.9. The molecule has 1 N–H and O–H groups in total. The Kier molecular flexibility index (Phi) is 5.37. The van der Waals surface area contributed by atoms with Crippen molar-refractivity contribution in [1.29, 1.82) is 0 Å². The van der Waals surface area contributed by atoms with Crippen LogP contribution in [-0.4, -0.2) is 24.0 Å². The predicted octanol–water partition coefficient (Wildman–Crippen LogP) is 5.29. The normalized spacial score (nSPS) is 11.2. The van der Waals surface area contributed by atoms with E-state index in [2.05, 4.69) is 30.9 Å². The summed E-state index contributed by atoms with van der Waals surface area (Å²) in [5.41, 5.74) is 2.47. The molecule has 0 spiro atoms. The van der Waals surface area contributed by atoms with Crippen LogP contribution in [0.15, 0.2) is 66.7 Å². The third-order valence-corrected chi connectivity index (χ3v) is 4.60. The number of ketones is 1. The van der Waals surface area contributed by atoms with E-state index in [0.717, 1.165) is 29.4 Å². The minimum absolute atomic E-state index is 0.00947. The van der Waals surface area contributed by atoms with Crippen LogP contribution >= 0.6 is 0 Å². The van der Waals surface area contributed by atoms with Crippen molar-refractivity contribution in [3.63, 3.8) is 0 Å². The number of carbonyl (C=O) groups is 1. The molecule has 0 radical (unpaired) electrons. The van der Waals surface area contributed by atoms with Gasteiger partial charge in [0.2, 0.25) is 0 Å². The van der Waals surface area contributed by atoms with Crippen LogP contribution in [0.3, 0.4) is 0 Å². The largest absolute Gasteiger partial charge is 0.507 e. The lowest BCUT2D eigenvalue weighted by atomic mass is 9.99. The summed E-state index contributed by atoms with van der Waals surface area (Å²) in [6, 6.07) is 19.1. The summed E-state index contributed by atoms with van der Waals surface area (Å²) >= 11 is 0. The average molecular weight is 345 g/mol. The number of anilines is 1. The molecule has 26 heavy (non-hydrogen) atoms. The van der Waals surface area contributed by atoms with E-state index in [1.807, 2.05) is 42.5 Å². The van der Waals surface area contributed by atoms with Crippen LogP contribution in [-0.2, 0) is 0 Å². The fourth-order valence-corrected chi connectivity index (χ4v) is 3.16. The molecule has 0 aromatic heterocycles. The highest BCUT2D eigenvalue weighted by Gasteiger charge is 2.12. The molecule has 3 heteroatoms. The smallest absolute Gasteiger partial charge is 0.190 e. The van der Waals surface area contributed by atoms with Gasteiger partial charge in [0.25, 0.3) is 0 Å². The van der Waals surface area contributed by atoms with Crippen LogP contribution in [0.2, 0.25) is 0 Å². The minimum Gasteiger partial charge on any atom is -0.507 e. The Hall–Kier alpha value is -3.07. The molecule has 3 rings (SSSR count). The number of phenols is 1. The van der Waals surface area contributed by atoms with Gasteiger partial charge in [0.1, 0.15) is 5.75 Å². The second kappa shape index (κ2) is 7.87. The maximum absolute atomic E-state index is 12.7. The number of fused-ring (bicyclic) bond motifs is 1. The third-order valence-electron chi connectivity index (χ3n) is 4.60. The van der Waals surface area contributed by atoms with Gasteiger partial charge >= 0.3 is 0 Å². The molecule has 3 nitrogen and oxygen atoms in total. The molecule has 0 unspecified atom stereocenters. The molecule has 0 aliphatic carbocycles. The van der Waals surface area contributed by atoms with Gasteiger partial charge in [-0.3, -0.25) is 4.79 Å². The fourth-order valence-electron chi connectivity index (χ4n) is 3.16. The van der Waals surface area contributed by atoms with Gasteiger partial charge in [-0.15, -0.1) is 0 Å². The summed E-state index contributed by atoms with van der Waals surface area (Å²) in [4.78, 5) is 14.9. The average Bonchev–Trinajstić information content (AvgIpc) is 2.68. The van der Waals surface area contributed by atoms with Gasteiger partial charge in [-0.1, -0.05) is 48.5 Å². The number of carbonyl (C=O) groups excluding carboxylic acids is 1. The van der Waals surface area contributed by atoms with Crippen molar-refractivity contribution in [1.82, 2.24) is 0 Å². The van der Waals surface area contributed by atoms with Crippen molar-refractivity contribution < 1.29 is 9.90 Å². The Bertz CT molecular complexity index is 938. The summed E-state index contributed by atoms with van der Waals surface area (Å²) in [5.74, 6) is -0.192. The van der Waals surface area contributed by atoms with E-state index in [1.54, 1.807) is 12.1 Å². The maximum Gasteiger partial charge on any atom is 0.190 e. The molecule has 0 aliphatic heterocycles. The highest BCUT2D eigenvalue weighted by atomic mass is 16.3. The van der Waals surface area contributed by atoms with Crippen LogP contribution in [0.5, 0.6) is 5.75 Å². The molecule has 0 saturated heterocycles. The second-order valence-corrected chi connectivity index (χ2v) is 6.14.